The van der Waals surface area contributed by atoms with Crippen LogP contribution >= 0.6 is 11.3 Å². The van der Waals surface area contributed by atoms with E-state index in [1.54, 1.807) is 0 Å². The van der Waals surface area contributed by atoms with Crippen molar-refractivity contribution in [3.05, 3.63) is 40.9 Å². The van der Waals surface area contributed by atoms with E-state index in [2.05, 4.69) is 15.6 Å². The SMILES string of the molecule is CC(=O)Nc1nc(CCc2ccc(NC(N)C=O)cc2)cs1. The Morgan fingerprint density at radius 1 is 1.36 bits per heavy atom. The molecule has 116 valence electrons. The molecule has 1 unspecified atom stereocenters. The molecule has 0 spiro atoms. The molecule has 0 radical (unpaired) electrons. The number of hydrogen-bond acceptors (Lipinski definition) is 6. The molecule has 0 aliphatic heterocycles. The zero-order valence-corrected chi connectivity index (χ0v) is 13.0. The molecule has 6 nitrogen and oxygen atoms in total. The van der Waals surface area contributed by atoms with Crippen LogP contribution in [0.2, 0.25) is 0 Å². The maximum Gasteiger partial charge on any atom is 0.223 e. The van der Waals surface area contributed by atoms with Gasteiger partial charge in [-0.2, -0.15) is 0 Å². The maximum atomic E-state index is 11.0. The zero-order chi connectivity index (χ0) is 15.9. The summed E-state index contributed by atoms with van der Waals surface area (Å²) in [6.07, 6.45) is 1.62. The normalized spacial score (nSPS) is 11.7. The molecule has 7 heteroatoms. The lowest BCUT2D eigenvalue weighted by Gasteiger charge is -2.09. The van der Waals surface area contributed by atoms with Crippen molar-refractivity contribution < 1.29 is 9.59 Å². The van der Waals surface area contributed by atoms with E-state index in [0.717, 1.165) is 24.2 Å². The maximum absolute atomic E-state index is 11.0. The highest BCUT2D eigenvalue weighted by atomic mass is 32.1. The van der Waals surface area contributed by atoms with Crippen molar-refractivity contribution >= 4 is 34.3 Å². The smallest absolute Gasteiger partial charge is 0.223 e. The molecule has 1 aromatic carbocycles. The number of benzene rings is 1. The van der Waals surface area contributed by atoms with E-state index in [1.807, 2.05) is 29.6 Å². The predicted octanol–water partition coefficient (Wildman–Crippen LogP) is 1.78. The van der Waals surface area contributed by atoms with Gasteiger partial charge in [0.05, 0.1) is 5.69 Å². The third-order valence-electron chi connectivity index (χ3n) is 2.94. The molecule has 0 saturated heterocycles. The van der Waals surface area contributed by atoms with Crippen LogP contribution in [0.4, 0.5) is 10.8 Å². The van der Waals surface area contributed by atoms with Crippen LogP contribution in [0.15, 0.2) is 29.6 Å². The Morgan fingerprint density at radius 2 is 2.09 bits per heavy atom. The number of anilines is 2. The number of nitrogens with zero attached hydrogens (tertiary/aromatic N) is 1. The Bertz CT molecular complexity index is 639. The van der Waals surface area contributed by atoms with Gasteiger partial charge in [0, 0.05) is 18.0 Å². The molecule has 22 heavy (non-hydrogen) atoms. The van der Waals surface area contributed by atoms with Gasteiger partial charge in [0.2, 0.25) is 5.91 Å². The number of nitrogens with one attached hydrogen (secondary N) is 2. The lowest BCUT2D eigenvalue weighted by molar-refractivity contribution is -0.114. The largest absolute Gasteiger partial charge is 0.364 e. The fourth-order valence-electron chi connectivity index (χ4n) is 1.90. The number of carbonyl (C=O) groups is 2. The average Bonchev–Trinajstić information content (AvgIpc) is 2.93. The van der Waals surface area contributed by atoms with Crippen LogP contribution in [0, 0.1) is 0 Å². The van der Waals surface area contributed by atoms with Crippen LogP contribution in [-0.4, -0.2) is 23.3 Å². The van der Waals surface area contributed by atoms with Crippen molar-refractivity contribution in [3.8, 4) is 0 Å². The first kappa shape index (κ1) is 16.1. The number of aryl methyl sites for hydroxylation is 2. The van der Waals surface area contributed by atoms with Crippen molar-refractivity contribution in [1.29, 1.82) is 0 Å². The number of aromatic nitrogens is 1. The fourth-order valence-corrected chi connectivity index (χ4v) is 2.69. The average molecular weight is 318 g/mol. The standard InChI is InChI=1S/C15H18N4O2S/c1-10(21)17-15-19-13(9-22-15)7-4-11-2-5-12(6-3-11)18-14(16)8-20/h2-3,5-6,8-9,14,18H,4,7,16H2,1H3,(H,17,19,21). The molecule has 0 saturated carbocycles. The lowest BCUT2D eigenvalue weighted by Crippen LogP contribution is -2.30. The van der Waals surface area contributed by atoms with Crippen LogP contribution < -0.4 is 16.4 Å². The van der Waals surface area contributed by atoms with Gasteiger partial charge in [-0.25, -0.2) is 4.98 Å². The molecule has 2 rings (SSSR count). The minimum absolute atomic E-state index is 0.113. The van der Waals surface area contributed by atoms with Crippen LogP contribution in [0.1, 0.15) is 18.2 Å². The second-order valence-electron chi connectivity index (χ2n) is 4.83. The minimum atomic E-state index is -0.687. The Morgan fingerprint density at radius 3 is 2.73 bits per heavy atom. The molecule has 1 atom stereocenters. The summed E-state index contributed by atoms with van der Waals surface area (Å²) in [5.41, 5.74) is 8.43. The van der Waals surface area contributed by atoms with Crippen LogP contribution in [0.3, 0.4) is 0 Å². The summed E-state index contributed by atoms with van der Waals surface area (Å²) >= 11 is 1.42. The number of rotatable bonds is 7. The van der Waals surface area contributed by atoms with E-state index in [4.69, 9.17) is 5.73 Å². The molecule has 0 aliphatic rings. The quantitative estimate of drug-likeness (QED) is 0.534. The third kappa shape index (κ3) is 4.94. The van der Waals surface area contributed by atoms with E-state index < -0.39 is 6.17 Å². The van der Waals surface area contributed by atoms with E-state index >= 15 is 0 Å². The van der Waals surface area contributed by atoms with Gasteiger partial charge in [-0.05, 0) is 30.5 Å². The van der Waals surface area contributed by atoms with Gasteiger partial charge in [0.1, 0.15) is 6.17 Å². The number of hydrogen-bond donors (Lipinski definition) is 3. The number of thiazole rings is 1. The first-order valence-corrected chi connectivity index (χ1v) is 7.73. The van der Waals surface area contributed by atoms with E-state index in [0.29, 0.717) is 11.4 Å². The van der Waals surface area contributed by atoms with Gasteiger partial charge >= 0.3 is 0 Å². The van der Waals surface area contributed by atoms with Crippen LogP contribution in [0.25, 0.3) is 0 Å². The molecule has 1 aromatic heterocycles. The summed E-state index contributed by atoms with van der Waals surface area (Å²) in [5.74, 6) is -0.113. The minimum Gasteiger partial charge on any atom is -0.364 e. The molecule has 1 heterocycles. The highest BCUT2D eigenvalue weighted by Crippen LogP contribution is 2.17. The van der Waals surface area contributed by atoms with E-state index in [1.165, 1.54) is 23.8 Å². The van der Waals surface area contributed by atoms with Gasteiger partial charge in [-0.1, -0.05) is 12.1 Å². The number of nitrogens with two attached hydrogens (primary N) is 1. The molecule has 0 bridgehead atoms. The van der Waals surface area contributed by atoms with Crippen molar-refractivity contribution in [3.63, 3.8) is 0 Å². The number of amides is 1. The Labute approximate surface area is 132 Å². The summed E-state index contributed by atoms with van der Waals surface area (Å²) in [4.78, 5) is 25.8. The highest BCUT2D eigenvalue weighted by Gasteiger charge is 2.04. The molecular weight excluding hydrogens is 300 g/mol. The summed E-state index contributed by atoms with van der Waals surface area (Å²) in [6, 6.07) is 7.76. The molecule has 0 aliphatic carbocycles. The van der Waals surface area contributed by atoms with Crippen molar-refractivity contribution in [2.24, 2.45) is 5.73 Å². The lowest BCUT2D eigenvalue weighted by atomic mass is 10.1. The Hall–Kier alpha value is -2.25. The molecule has 4 N–H and O–H groups in total. The second kappa shape index (κ2) is 7.67. The number of carbonyl (C=O) groups excluding carboxylic acids is 2. The summed E-state index contributed by atoms with van der Waals surface area (Å²) < 4.78 is 0. The summed E-state index contributed by atoms with van der Waals surface area (Å²) in [7, 11) is 0. The van der Waals surface area contributed by atoms with Crippen molar-refractivity contribution in [1.82, 2.24) is 4.98 Å². The van der Waals surface area contributed by atoms with Crippen LogP contribution in [0.5, 0.6) is 0 Å². The highest BCUT2D eigenvalue weighted by molar-refractivity contribution is 7.13. The first-order chi connectivity index (χ1) is 10.6. The van der Waals surface area contributed by atoms with Crippen LogP contribution in [-0.2, 0) is 22.4 Å². The van der Waals surface area contributed by atoms with Crippen molar-refractivity contribution in [2.75, 3.05) is 10.6 Å². The second-order valence-corrected chi connectivity index (χ2v) is 5.69. The predicted molar refractivity (Wildman–Crippen MR) is 87.9 cm³/mol. The van der Waals surface area contributed by atoms with Gasteiger partial charge in [-0.3, -0.25) is 9.59 Å². The zero-order valence-electron chi connectivity index (χ0n) is 12.2. The van der Waals surface area contributed by atoms with Gasteiger partial charge in [0.15, 0.2) is 11.4 Å². The van der Waals surface area contributed by atoms with Gasteiger partial charge < -0.3 is 16.4 Å². The van der Waals surface area contributed by atoms with E-state index in [9.17, 15) is 9.59 Å². The monoisotopic (exact) mass is 318 g/mol. The Balaban J connectivity index is 1.87. The first-order valence-electron chi connectivity index (χ1n) is 6.85. The summed E-state index contributed by atoms with van der Waals surface area (Å²) in [6.45, 7) is 1.47. The molecule has 2 aromatic rings. The molecular formula is C15H18N4O2S. The Kier molecular flexibility index (Phi) is 5.62. The third-order valence-corrected chi connectivity index (χ3v) is 3.74. The summed E-state index contributed by atoms with van der Waals surface area (Å²) in [5, 5.41) is 8.13. The molecule has 0 fully saturated rings. The molecule has 1 amide bonds. The van der Waals surface area contributed by atoms with Gasteiger partial charge in [0.25, 0.3) is 0 Å². The number of aldehydes is 1. The van der Waals surface area contributed by atoms with Gasteiger partial charge in [-0.15, -0.1) is 11.3 Å². The topological polar surface area (TPSA) is 97.1 Å². The van der Waals surface area contributed by atoms with E-state index in [-0.39, 0.29) is 5.91 Å². The fraction of sp³-hybridized carbons (Fsp3) is 0.267. The van der Waals surface area contributed by atoms with Crippen molar-refractivity contribution in [2.45, 2.75) is 25.9 Å².